The summed E-state index contributed by atoms with van der Waals surface area (Å²) in [4.78, 5) is 11.2. The van der Waals surface area contributed by atoms with Gasteiger partial charge in [0.05, 0.1) is 29.3 Å². The summed E-state index contributed by atoms with van der Waals surface area (Å²) in [7, 11) is 1.32. The van der Waals surface area contributed by atoms with Crippen molar-refractivity contribution in [1.29, 1.82) is 0 Å². The molecule has 100 valence electrons. The normalized spacial score (nSPS) is 10.3. The average Bonchev–Trinajstić information content (AvgIpc) is 2.88. The Kier molecular flexibility index (Phi) is 4.35. The second kappa shape index (κ2) is 5.99. The summed E-state index contributed by atoms with van der Waals surface area (Å²) in [5.41, 5.74) is 1.19. The minimum absolute atomic E-state index is 0.383. The topological polar surface area (TPSA) is 51.5 Å². The molecule has 2 aromatic rings. The predicted molar refractivity (Wildman–Crippen MR) is 73.8 cm³/mol. The zero-order valence-electron chi connectivity index (χ0n) is 10.1. The van der Waals surface area contributed by atoms with Crippen molar-refractivity contribution < 1.29 is 13.9 Å². The van der Waals surface area contributed by atoms with Crippen LogP contribution in [-0.2, 0) is 11.3 Å². The van der Waals surface area contributed by atoms with Crippen molar-refractivity contribution in [2.24, 2.45) is 0 Å². The molecule has 0 spiro atoms. The van der Waals surface area contributed by atoms with Crippen molar-refractivity contribution in [3.63, 3.8) is 0 Å². The third kappa shape index (κ3) is 3.43. The lowest BCUT2D eigenvalue weighted by atomic mass is 10.3. The number of methoxy groups -OCH3 is 1. The van der Waals surface area contributed by atoms with Gasteiger partial charge in [0, 0.05) is 5.69 Å². The Morgan fingerprint density at radius 1 is 1.32 bits per heavy atom. The highest BCUT2D eigenvalue weighted by Gasteiger charge is 2.10. The van der Waals surface area contributed by atoms with Crippen molar-refractivity contribution in [1.82, 2.24) is 0 Å². The van der Waals surface area contributed by atoms with Crippen LogP contribution < -0.4 is 5.32 Å². The van der Waals surface area contributed by atoms with Gasteiger partial charge in [-0.15, -0.1) is 0 Å². The van der Waals surface area contributed by atoms with Crippen LogP contribution in [0, 0.1) is 0 Å². The summed E-state index contributed by atoms with van der Waals surface area (Å²) >= 11 is 11.7. The van der Waals surface area contributed by atoms with E-state index in [0.717, 1.165) is 5.69 Å². The molecule has 0 amide bonds. The molecule has 6 heteroatoms. The quantitative estimate of drug-likeness (QED) is 0.868. The third-order valence-electron chi connectivity index (χ3n) is 2.46. The van der Waals surface area contributed by atoms with Gasteiger partial charge in [-0.05, 0) is 24.3 Å². The minimum Gasteiger partial charge on any atom is -0.467 e. The first-order chi connectivity index (χ1) is 9.10. The standard InChI is InChI=1S/C13H11Cl2NO3/c1-18-13(17)8-4-10(19-7-8)6-16-9-2-3-11(14)12(15)5-9/h2-5,7,16H,6H2,1H3. The lowest BCUT2D eigenvalue weighted by Gasteiger charge is -2.05. The molecule has 2 rings (SSSR count). The summed E-state index contributed by atoms with van der Waals surface area (Å²) in [6, 6.07) is 6.84. The van der Waals surface area contributed by atoms with Gasteiger partial charge in [-0.2, -0.15) is 0 Å². The van der Waals surface area contributed by atoms with Crippen molar-refractivity contribution in [2.45, 2.75) is 6.54 Å². The van der Waals surface area contributed by atoms with E-state index in [1.54, 1.807) is 24.3 Å². The number of furan rings is 1. The Balaban J connectivity index is 2.00. The van der Waals surface area contributed by atoms with E-state index in [1.165, 1.54) is 13.4 Å². The number of rotatable bonds is 4. The molecule has 0 atom stereocenters. The molecule has 0 saturated heterocycles. The van der Waals surface area contributed by atoms with Crippen LogP contribution in [-0.4, -0.2) is 13.1 Å². The number of halogens is 2. The maximum absolute atomic E-state index is 11.2. The van der Waals surface area contributed by atoms with Crippen molar-refractivity contribution in [2.75, 3.05) is 12.4 Å². The first-order valence-corrected chi connectivity index (χ1v) is 6.20. The molecule has 0 unspecified atom stereocenters. The number of hydrogen-bond donors (Lipinski definition) is 1. The first kappa shape index (κ1) is 13.8. The molecule has 19 heavy (non-hydrogen) atoms. The molecule has 0 aliphatic carbocycles. The molecule has 1 heterocycles. The third-order valence-corrected chi connectivity index (χ3v) is 3.20. The van der Waals surface area contributed by atoms with Crippen LogP contribution in [0.1, 0.15) is 16.1 Å². The smallest absolute Gasteiger partial charge is 0.341 e. The molecule has 0 fully saturated rings. The fourth-order valence-electron chi connectivity index (χ4n) is 1.49. The van der Waals surface area contributed by atoms with Crippen LogP contribution in [0.5, 0.6) is 0 Å². The maximum atomic E-state index is 11.2. The van der Waals surface area contributed by atoms with Gasteiger partial charge in [0.15, 0.2) is 0 Å². The Labute approximate surface area is 120 Å². The Bertz CT molecular complexity index is 595. The molecule has 0 aliphatic rings. The first-order valence-electron chi connectivity index (χ1n) is 5.45. The number of nitrogens with one attached hydrogen (secondary N) is 1. The maximum Gasteiger partial charge on any atom is 0.341 e. The highest BCUT2D eigenvalue weighted by molar-refractivity contribution is 6.42. The average molecular weight is 300 g/mol. The van der Waals surface area contributed by atoms with Gasteiger partial charge in [-0.3, -0.25) is 0 Å². The van der Waals surface area contributed by atoms with Gasteiger partial charge in [0.2, 0.25) is 0 Å². The Hall–Kier alpha value is -1.65. The summed E-state index contributed by atoms with van der Waals surface area (Å²) in [6.07, 6.45) is 1.36. The number of anilines is 1. The number of hydrogen-bond acceptors (Lipinski definition) is 4. The molecule has 0 radical (unpaired) electrons. The lowest BCUT2D eigenvalue weighted by Crippen LogP contribution is -2.00. The van der Waals surface area contributed by atoms with Crippen molar-refractivity contribution in [3.8, 4) is 0 Å². The Morgan fingerprint density at radius 2 is 2.11 bits per heavy atom. The fraction of sp³-hybridized carbons (Fsp3) is 0.154. The molecule has 0 aliphatic heterocycles. The van der Waals surface area contributed by atoms with E-state index < -0.39 is 5.97 Å². The molecule has 0 bridgehead atoms. The van der Waals surface area contributed by atoms with Gasteiger partial charge in [0.25, 0.3) is 0 Å². The Morgan fingerprint density at radius 3 is 2.79 bits per heavy atom. The van der Waals surface area contributed by atoms with Crippen LogP contribution in [0.3, 0.4) is 0 Å². The lowest BCUT2D eigenvalue weighted by molar-refractivity contribution is 0.0600. The highest BCUT2D eigenvalue weighted by Crippen LogP contribution is 2.25. The molecule has 1 aromatic heterocycles. The molecular weight excluding hydrogens is 289 g/mol. The molecular formula is C13H11Cl2NO3. The fourth-order valence-corrected chi connectivity index (χ4v) is 1.79. The molecule has 0 saturated carbocycles. The zero-order chi connectivity index (χ0) is 13.8. The van der Waals surface area contributed by atoms with Crippen LogP contribution in [0.2, 0.25) is 10.0 Å². The van der Waals surface area contributed by atoms with E-state index in [1.807, 2.05) is 0 Å². The van der Waals surface area contributed by atoms with E-state index >= 15 is 0 Å². The number of esters is 1. The molecule has 1 N–H and O–H groups in total. The van der Waals surface area contributed by atoms with E-state index in [0.29, 0.717) is 27.9 Å². The van der Waals surface area contributed by atoms with Gasteiger partial charge in [0.1, 0.15) is 12.0 Å². The van der Waals surface area contributed by atoms with E-state index in [4.69, 9.17) is 27.6 Å². The second-order valence-corrected chi connectivity index (χ2v) is 4.59. The van der Waals surface area contributed by atoms with E-state index in [9.17, 15) is 4.79 Å². The summed E-state index contributed by atoms with van der Waals surface area (Å²) in [5.74, 6) is 0.191. The minimum atomic E-state index is -0.426. The number of carbonyl (C=O) groups is 1. The molecule has 4 nitrogen and oxygen atoms in total. The highest BCUT2D eigenvalue weighted by atomic mass is 35.5. The van der Waals surface area contributed by atoms with Gasteiger partial charge < -0.3 is 14.5 Å². The van der Waals surface area contributed by atoms with E-state index in [2.05, 4.69) is 10.1 Å². The SMILES string of the molecule is COC(=O)c1coc(CNc2ccc(Cl)c(Cl)c2)c1. The van der Waals surface area contributed by atoms with Crippen LogP contribution in [0.15, 0.2) is 34.9 Å². The summed E-state index contributed by atoms with van der Waals surface area (Å²) in [5, 5.41) is 4.08. The van der Waals surface area contributed by atoms with Crippen LogP contribution >= 0.6 is 23.2 Å². The predicted octanol–water partition coefficient (Wildman–Crippen LogP) is 3.99. The summed E-state index contributed by atoms with van der Waals surface area (Å²) < 4.78 is 9.83. The second-order valence-electron chi connectivity index (χ2n) is 3.78. The van der Waals surface area contributed by atoms with Gasteiger partial charge in [-0.25, -0.2) is 4.79 Å². The monoisotopic (exact) mass is 299 g/mol. The summed E-state index contributed by atoms with van der Waals surface area (Å²) in [6.45, 7) is 0.426. The largest absolute Gasteiger partial charge is 0.467 e. The van der Waals surface area contributed by atoms with Crippen molar-refractivity contribution in [3.05, 3.63) is 51.9 Å². The van der Waals surface area contributed by atoms with Crippen molar-refractivity contribution >= 4 is 34.9 Å². The zero-order valence-corrected chi connectivity index (χ0v) is 11.6. The van der Waals surface area contributed by atoms with Crippen LogP contribution in [0.4, 0.5) is 5.69 Å². The number of ether oxygens (including phenoxy) is 1. The van der Waals surface area contributed by atoms with Gasteiger partial charge in [-0.1, -0.05) is 23.2 Å². The number of carbonyl (C=O) groups excluding carboxylic acids is 1. The van der Waals surface area contributed by atoms with E-state index in [-0.39, 0.29) is 0 Å². The van der Waals surface area contributed by atoms with Gasteiger partial charge >= 0.3 is 5.97 Å². The number of benzene rings is 1. The van der Waals surface area contributed by atoms with Crippen LogP contribution in [0.25, 0.3) is 0 Å². The molecule has 1 aromatic carbocycles.